The summed E-state index contributed by atoms with van der Waals surface area (Å²) in [6.45, 7) is 1.90. The van der Waals surface area contributed by atoms with Crippen LogP contribution in [0.5, 0.6) is 0 Å². The normalized spacial score (nSPS) is 11.0. The quantitative estimate of drug-likeness (QED) is 0.678. The monoisotopic (exact) mass is 386 g/mol. The van der Waals surface area contributed by atoms with E-state index in [1.165, 1.54) is 10.8 Å². The topological polar surface area (TPSA) is 103 Å². The summed E-state index contributed by atoms with van der Waals surface area (Å²) in [5, 5.41) is 4.36. The second kappa shape index (κ2) is 5.58. The molecule has 114 valence electrons. The molecule has 3 aromatic rings. The van der Waals surface area contributed by atoms with E-state index in [4.69, 9.17) is 16.3 Å². The molecule has 0 saturated heterocycles. The van der Waals surface area contributed by atoms with Crippen molar-refractivity contribution in [3.05, 3.63) is 32.4 Å². The van der Waals surface area contributed by atoms with E-state index in [1.54, 1.807) is 13.0 Å². The Morgan fingerprint density at radius 1 is 1.59 bits per heavy atom. The molecule has 0 atom stereocenters. The number of H-pyrrole nitrogens is 1. The molecule has 0 aliphatic carbocycles. The molecular formula is C12H8BrClN4O4. The van der Waals surface area contributed by atoms with Gasteiger partial charge in [-0.05, 0) is 28.9 Å². The Labute approximate surface area is 136 Å². The fourth-order valence-corrected chi connectivity index (χ4v) is 2.42. The minimum absolute atomic E-state index is 0.175. The summed E-state index contributed by atoms with van der Waals surface area (Å²) in [5.41, 5.74) is 0.740. The van der Waals surface area contributed by atoms with E-state index >= 15 is 0 Å². The van der Waals surface area contributed by atoms with Crippen LogP contribution in [-0.2, 0) is 4.74 Å². The van der Waals surface area contributed by atoms with Crippen molar-refractivity contribution in [3.63, 3.8) is 0 Å². The maximum Gasteiger partial charge on any atom is 0.439 e. The Morgan fingerprint density at radius 3 is 3.00 bits per heavy atom. The lowest BCUT2D eigenvalue weighted by Gasteiger charge is -2.03. The van der Waals surface area contributed by atoms with E-state index in [2.05, 4.69) is 35.6 Å². The summed E-state index contributed by atoms with van der Waals surface area (Å²) < 4.78 is 11.2. The summed E-state index contributed by atoms with van der Waals surface area (Å²) in [4.78, 5) is 29.8. The Kier molecular flexibility index (Phi) is 3.75. The van der Waals surface area contributed by atoms with Crippen molar-refractivity contribution in [1.29, 1.82) is 0 Å². The van der Waals surface area contributed by atoms with Gasteiger partial charge in [0, 0.05) is 17.1 Å². The van der Waals surface area contributed by atoms with Gasteiger partial charge in [-0.25, -0.2) is 19.1 Å². The van der Waals surface area contributed by atoms with E-state index in [1.807, 2.05) is 0 Å². The molecule has 0 radical (unpaired) electrons. The molecule has 22 heavy (non-hydrogen) atoms. The molecular weight excluding hydrogens is 380 g/mol. The molecule has 0 amide bonds. The largest absolute Gasteiger partial charge is 0.449 e. The number of fused-ring (bicyclic) bond motifs is 1. The minimum atomic E-state index is -0.701. The first-order chi connectivity index (χ1) is 10.5. The average molecular weight is 388 g/mol. The number of hydrogen-bond acceptors (Lipinski definition) is 6. The zero-order valence-corrected chi connectivity index (χ0v) is 13.4. The number of hydrogen-bond donors (Lipinski definition) is 1. The van der Waals surface area contributed by atoms with Crippen LogP contribution in [0.15, 0.2) is 26.1 Å². The van der Waals surface area contributed by atoms with E-state index in [0.29, 0.717) is 15.4 Å². The molecule has 0 spiro atoms. The summed E-state index contributed by atoms with van der Waals surface area (Å²) in [6.07, 6.45) is 0.835. The second-order valence-corrected chi connectivity index (χ2v) is 5.40. The minimum Gasteiger partial charge on any atom is -0.449 e. The smallest absolute Gasteiger partial charge is 0.439 e. The molecule has 3 heterocycles. The summed E-state index contributed by atoms with van der Waals surface area (Å²) in [6, 6.07) is 1.67. The van der Waals surface area contributed by atoms with Crippen LogP contribution in [0.2, 0.25) is 5.15 Å². The van der Waals surface area contributed by atoms with E-state index < -0.39 is 11.8 Å². The molecule has 1 N–H and O–H groups in total. The van der Waals surface area contributed by atoms with Gasteiger partial charge in [0.05, 0.1) is 11.1 Å². The SMILES string of the molecule is CCOC(=O)n1cc(-c2noc(=O)[nH]2)c2cc(Br)c(Cl)nc21. The standard InChI is InChI=1S/C12H8BrClN4O4/c1-2-21-12(20)18-4-6(9-16-11(19)22-17-9)5-3-7(13)8(14)15-10(5)18/h3-4H,2H2,1H3,(H,16,17,19). The summed E-state index contributed by atoms with van der Waals surface area (Å²) >= 11 is 9.26. The highest BCUT2D eigenvalue weighted by molar-refractivity contribution is 9.10. The number of aromatic amines is 1. The molecule has 3 aromatic heterocycles. The van der Waals surface area contributed by atoms with Crippen LogP contribution in [0.1, 0.15) is 6.92 Å². The Bertz CT molecular complexity index is 929. The van der Waals surface area contributed by atoms with Gasteiger partial charge in [-0.15, -0.1) is 0 Å². The predicted octanol–water partition coefficient (Wildman–Crippen LogP) is 2.80. The van der Waals surface area contributed by atoms with Gasteiger partial charge in [-0.3, -0.25) is 9.51 Å². The zero-order chi connectivity index (χ0) is 15.9. The number of nitrogens with one attached hydrogen (secondary N) is 1. The third kappa shape index (κ3) is 2.42. The fourth-order valence-electron chi connectivity index (χ4n) is 1.97. The van der Waals surface area contributed by atoms with Gasteiger partial charge < -0.3 is 4.74 Å². The van der Waals surface area contributed by atoms with Crippen molar-refractivity contribution in [2.45, 2.75) is 6.92 Å². The molecule has 0 saturated carbocycles. The highest BCUT2D eigenvalue weighted by Crippen LogP contribution is 2.32. The fraction of sp³-hybridized carbons (Fsp3) is 0.167. The number of halogens is 2. The van der Waals surface area contributed by atoms with Gasteiger partial charge in [0.15, 0.2) is 11.5 Å². The lowest BCUT2D eigenvalue weighted by Crippen LogP contribution is -2.12. The van der Waals surface area contributed by atoms with Crippen molar-refractivity contribution in [2.75, 3.05) is 6.61 Å². The Morgan fingerprint density at radius 2 is 2.36 bits per heavy atom. The van der Waals surface area contributed by atoms with E-state index in [-0.39, 0.29) is 23.2 Å². The molecule has 8 nitrogen and oxygen atoms in total. The van der Waals surface area contributed by atoms with Gasteiger partial charge in [-0.2, -0.15) is 0 Å². The molecule has 0 bridgehead atoms. The first-order valence-electron chi connectivity index (χ1n) is 6.12. The molecule has 0 fully saturated rings. The van der Waals surface area contributed by atoms with E-state index in [0.717, 1.165) is 0 Å². The average Bonchev–Trinajstić information content (AvgIpc) is 3.04. The van der Waals surface area contributed by atoms with Gasteiger partial charge in [0.1, 0.15) is 5.15 Å². The van der Waals surface area contributed by atoms with Crippen LogP contribution < -0.4 is 5.76 Å². The maximum absolute atomic E-state index is 12.0. The lowest BCUT2D eigenvalue weighted by molar-refractivity contribution is 0.155. The number of pyridine rings is 1. The van der Waals surface area contributed by atoms with Gasteiger partial charge in [0.2, 0.25) is 0 Å². The van der Waals surface area contributed by atoms with Crippen molar-refractivity contribution < 1.29 is 14.1 Å². The molecule has 0 aliphatic heterocycles. The maximum atomic E-state index is 12.0. The lowest BCUT2D eigenvalue weighted by atomic mass is 10.2. The van der Waals surface area contributed by atoms with Crippen LogP contribution in [0.25, 0.3) is 22.4 Å². The first kappa shape index (κ1) is 14.8. The van der Waals surface area contributed by atoms with Crippen LogP contribution in [0.3, 0.4) is 0 Å². The number of rotatable bonds is 2. The second-order valence-electron chi connectivity index (χ2n) is 4.19. The predicted molar refractivity (Wildman–Crippen MR) is 81.0 cm³/mol. The number of carbonyl (C=O) groups excluding carboxylic acids is 1. The van der Waals surface area contributed by atoms with Crippen molar-refractivity contribution >= 4 is 44.7 Å². The molecule has 0 aliphatic rings. The number of nitrogens with zero attached hydrogens (tertiary/aromatic N) is 3. The number of carbonyl (C=O) groups is 1. The van der Waals surface area contributed by atoms with Crippen LogP contribution in [0.4, 0.5) is 4.79 Å². The van der Waals surface area contributed by atoms with Gasteiger partial charge in [0.25, 0.3) is 0 Å². The van der Waals surface area contributed by atoms with Crippen molar-refractivity contribution in [3.8, 4) is 11.4 Å². The van der Waals surface area contributed by atoms with Crippen LogP contribution in [-0.4, -0.2) is 32.4 Å². The number of aromatic nitrogens is 4. The zero-order valence-electron chi connectivity index (χ0n) is 11.1. The molecule has 0 aromatic carbocycles. The van der Waals surface area contributed by atoms with Gasteiger partial charge in [-0.1, -0.05) is 16.8 Å². The highest BCUT2D eigenvalue weighted by Gasteiger charge is 2.20. The van der Waals surface area contributed by atoms with Crippen molar-refractivity contribution in [2.24, 2.45) is 0 Å². The molecule has 10 heteroatoms. The summed E-state index contributed by atoms with van der Waals surface area (Å²) in [7, 11) is 0. The Balaban J connectivity index is 2.30. The van der Waals surface area contributed by atoms with Crippen LogP contribution >= 0.6 is 27.5 Å². The van der Waals surface area contributed by atoms with Gasteiger partial charge >= 0.3 is 11.8 Å². The molecule has 3 rings (SSSR count). The molecule has 0 unspecified atom stereocenters. The first-order valence-corrected chi connectivity index (χ1v) is 7.29. The van der Waals surface area contributed by atoms with Crippen LogP contribution in [0, 0.1) is 0 Å². The summed E-state index contributed by atoms with van der Waals surface area (Å²) in [5.74, 6) is -0.526. The van der Waals surface area contributed by atoms with Crippen molar-refractivity contribution in [1.82, 2.24) is 19.7 Å². The third-order valence-electron chi connectivity index (χ3n) is 2.85. The Hall–Kier alpha value is -2.13. The van der Waals surface area contributed by atoms with E-state index in [9.17, 15) is 9.59 Å². The number of ether oxygens (including phenoxy) is 1. The third-order valence-corrected chi connectivity index (χ3v) is 3.97. The highest BCUT2D eigenvalue weighted by atomic mass is 79.9.